The lowest BCUT2D eigenvalue weighted by Gasteiger charge is -2.34. The van der Waals surface area contributed by atoms with Gasteiger partial charge in [0, 0.05) is 0 Å². The van der Waals surface area contributed by atoms with Gasteiger partial charge >= 0.3 is 0 Å². The lowest BCUT2D eigenvalue weighted by atomic mass is 9.82. The van der Waals surface area contributed by atoms with Gasteiger partial charge in [-0.25, -0.2) is 0 Å². The highest BCUT2D eigenvalue weighted by molar-refractivity contribution is 5.83. The van der Waals surface area contributed by atoms with E-state index in [0.29, 0.717) is 5.76 Å². The molecule has 1 atom stereocenters. The number of hydrogen-bond acceptors (Lipinski definition) is 4. The Bertz CT molecular complexity index is 535. The summed E-state index contributed by atoms with van der Waals surface area (Å²) in [5.74, 6) is 0.573. The van der Waals surface area contributed by atoms with Crippen LogP contribution in [0.4, 0.5) is 0 Å². The van der Waals surface area contributed by atoms with Gasteiger partial charge in [-0.1, -0.05) is 19.3 Å². The smallest absolute Gasteiger partial charge is 0.246 e. The van der Waals surface area contributed by atoms with Crippen LogP contribution in [0.3, 0.4) is 0 Å². The van der Waals surface area contributed by atoms with E-state index < -0.39 is 11.6 Å². The number of hydrogen-bond donors (Lipinski definition) is 1. The van der Waals surface area contributed by atoms with Crippen molar-refractivity contribution in [1.29, 1.82) is 5.26 Å². The van der Waals surface area contributed by atoms with Crippen LogP contribution in [0.5, 0.6) is 0 Å². The van der Waals surface area contributed by atoms with E-state index in [0.717, 1.165) is 58.0 Å². The summed E-state index contributed by atoms with van der Waals surface area (Å²) in [5.41, 5.74) is -0.695. The molecule has 3 rings (SSSR count). The average molecular weight is 301 g/mol. The zero-order valence-corrected chi connectivity index (χ0v) is 12.9. The Balaban J connectivity index is 1.78. The predicted octanol–water partition coefficient (Wildman–Crippen LogP) is 2.76. The summed E-state index contributed by atoms with van der Waals surface area (Å²) in [4.78, 5) is 15.1. The summed E-state index contributed by atoms with van der Waals surface area (Å²) < 4.78 is 5.50. The Hall–Kier alpha value is -1.80. The largest absolute Gasteiger partial charge is 0.467 e. The van der Waals surface area contributed by atoms with Crippen LogP contribution >= 0.6 is 0 Å². The van der Waals surface area contributed by atoms with Crippen molar-refractivity contribution < 1.29 is 9.21 Å². The van der Waals surface area contributed by atoms with Crippen molar-refractivity contribution in [2.24, 2.45) is 0 Å². The first-order valence-electron chi connectivity index (χ1n) is 8.25. The number of likely N-dealkylation sites (tertiary alicyclic amines) is 1. The molecule has 1 saturated carbocycles. The zero-order chi connectivity index (χ0) is 15.4. The van der Waals surface area contributed by atoms with Gasteiger partial charge in [-0.2, -0.15) is 5.26 Å². The second-order valence-corrected chi connectivity index (χ2v) is 6.40. The Morgan fingerprint density at radius 3 is 2.59 bits per heavy atom. The second kappa shape index (κ2) is 6.53. The SMILES string of the molecule is N#CC1(NC(=O)C(c2ccco2)N2CCCC2)CCCCC1. The summed E-state index contributed by atoms with van der Waals surface area (Å²) in [6, 6.07) is 5.61. The van der Waals surface area contributed by atoms with Crippen molar-refractivity contribution in [3.05, 3.63) is 24.2 Å². The third kappa shape index (κ3) is 3.02. The minimum Gasteiger partial charge on any atom is -0.467 e. The monoisotopic (exact) mass is 301 g/mol. The highest BCUT2D eigenvalue weighted by Crippen LogP contribution is 2.31. The normalized spacial score (nSPS) is 22.9. The maximum Gasteiger partial charge on any atom is 0.246 e. The number of nitrogens with one attached hydrogen (secondary N) is 1. The summed E-state index contributed by atoms with van der Waals surface area (Å²) >= 11 is 0. The van der Waals surface area contributed by atoms with Crippen molar-refractivity contribution in [2.45, 2.75) is 56.5 Å². The molecular formula is C17H23N3O2. The summed E-state index contributed by atoms with van der Waals surface area (Å²) in [6.45, 7) is 1.80. The Morgan fingerprint density at radius 1 is 1.27 bits per heavy atom. The Kier molecular flexibility index (Phi) is 4.49. The van der Waals surface area contributed by atoms with Crippen LogP contribution in [-0.2, 0) is 4.79 Å². The van der Waals surface area contributed by atoms with Crippen LogP contribution in [0.25, 0.3) is 0 Å². The van der Waals surface area contributed by atoms with E-state index in [9.17, 15) is 10.1 Å². The van der Waals surface area contributed by atoms with Gasteiger partial charge in [-0.15, -0.1) is 0 Å². The average Bonchev–Trinajstić information content (AvgIpc) is 3.23. The molecule has 1 unspecified atom stereocenters. The van der Waals surface area contributed by atoms with Gasteiger partial charge in [0.2, 0.25) is 5.91 Å². The van der Waals surface area contributed by atoms with Gasteiger partial charge < -0.3 is 9.73 Å². The molecule has 1 aromatic rings. The highest BCUT2D eigenvalue weighted by atomic mass is 16.3. The van der Waals surface area contributed by atoms with E-state index in [2.05, 4.69) is 16.3 Å². The molecule has 0 aromatic carbocycles. The van der Waals surface area contributed by atoms with E-state index in [1.54, 1.807) is 6.26 Å². The van der Waals surface area contributed by atoms with Gasteiger partial charge in [0.15, 0.2) is 0 Å². The molecule has 0 radical (unpaired) electrons. The van der Waals surface area contributed by atoms with E-state index >= 15 is 0 Å². The molecule has 22 heavy (non-hydrogen) atoms. The maximum atomic E-state index is 12.9. The molecule has 1 N–H and O–H groups in total. The molecule has 1 saturated heterocycles. The van der Waals surface area contributed by atoms with Crippen LogP contribution < -0.4 is 5.32 Å². The molecule has 5 nitrogen and oxygen atoms in total. The summed E-state index contributed by atoms with van der Waals surface area (Å²) in [7, 11) is 0. The first kappa shape index (κ1) is 15.1. The molecule has 0 spiro atoms. The highest BCUT2D eigenvalue weighted by Gasteiger charge is 2.39. The van der Waals surface area contributed by atoms with Crippen LogP contribution in [0.1, 0.15) is 56.7 Å². The molecule has 2 heterocycles. The van der Waals surface area contributed by atoms with E-state index in [1.165, 1.54) is 0 Å². The van der Waals surface area contributed by atoms with Crippen LogP contribution in [0.2, 0.25) is 0 Å². The van der Waals surface area contributed by atoms with Crippen LogP contribution in [0.15, 0.2) is 22.8 Å². The Morgan fingerprint density at radius 2 is 2.00 bits per heavy atom. The van der Waals surface area contributed by atoms with E-state index in [-0.39, 0.29) is 5.91 Å². The second-order valence-electron chi connectivity index (χ2n) is 6.40. The number of nitrogens with zero attached hydrogens (tertiary/aromatic N) is 2. The number of furan rings is 1. The molecule has 2 fully saturated rings. The van der Waals surface area contributed by atoms with Gasteiger partial charge in [0.25, 0.3) is 0 Å². The number of amides is 1. The molecule has 1 amide bonds. The van der Waals surface area contributed by atoms with E-state index in [4.69, 9.17) is 4.42 Å². The fourth-order valence-corrected chi connectivity index (χ4v) is 3.65. The topological polar surface area (TPSA) is 69.3 Å². The number of carbonyl (C=O) groups is 1. The molecule has 1 aliphatic carbocycles. The van der Waals surface area contributed by atoms with Gasteiger partial charge in [0.1, 0.15) is 17.3 Å². The minimum atomic E-state index is -0.695. The lowest BCUT2D eigenvalue weighted by molar-refractivity contribution is -0.128. The van der Waals surface area contributed by atoms with Crippen LogP contribution in [-0.4, -0.2) is 29.4 Å². The van der Waals surface area contributed by atoms with Crippen molar-refractivity contribution in [2.75, 3.05) is 13.1 Å². The standard InChI is InChI=1S/C17H23N3O2/c18-13-17(8-2-1-3-9-17)19-16(21)15(14-7-6-12-22-14)20-10-4-5-11-20/h6-7,12,15H,1-5,8-11H2,(H,19,21). The molecular weight excluding hydrogens is 278 g/mol. The lowest BCUT2D eigenvalue weighted by Crippen LogP contribution is -2.52. The van der Waals surface area contributed by atoms with Gasteiger partial charge in [-0.3, -0.25) is 9.69 Å². The minimum absolute atomic E-state index is 0.0969. The Labute approximate surface area is 131 Å². The molecule has 1 aromatic heterocycles. The van der Waals surface area contributed by atoms with Crippen molar-refractivity contribution in [1.82, 2.24) is 10.2 Å². The van der Waals surface area contributed by atoms with Crippen LogP contribution in [0, 0.1) is 11.3 Å². The van der Waals surface area contributed by atoms with E-state index in [1.807, 2.05) is 12.1 Å². The number of rotatable bonds is 4. The van der Waals surface area contributed by atoms with Crippen molar-refractivity contribution in [3.8, 4) is 6.07 Å². The predicted molar refractivity (Wildman–Crippen MR) is 81.8 cm³/mol. The first-order chi connectivity index (χ1) is 10.7. The number of carbonyl (C=O) groups excluding carboxylic acids is 1. The fraction of sp³-hybridized carbons (Fsp3) is 0.647. The van der Waals surface area contributed by atoms with Crippen molar-refractivity contribution >= 4 is 5.91 Å². The third-order valence-electron chi connectivity index (χ3n) is 4.85. The molecule has 2 aliphatic rings. The third-order valence-corrected chi connectivity index (χ3v) is 4.85. The molecule has 1 aliphatic heterocycles. The fourth-order valence-electron chi connectivity index (χ4n) is 3.65. The molecule has 5 heteroatoms. The van der Waals surface area contributed by atoms with Crippen molar-refractivity contribution in [3.63, 3.8) is 0 Å². The quantitative estimate of drug-likeness (QED) is 0.928. The summed E-state index contributed by atoms with van der Waals surface area (Å²) in [6.07, 6.45) is 8.47. The zero-order valence-electron chi connectivity index (χ0n) is 12.9. The van der Waals surface area contributed by atoms with Gasteiger partial charge in [-0.05, 0) is 50.9 Å². The number of nitriles is 1. The van der Waals surface area contributed by atoms with Gasteiger partial charge in [0.05, 0.1) is 12.3 Å². The first-order valence-corrected chi connectivity index (χ1v) is 8.25. The molecule has 0 bridgehead atoms. The molecule has 118 valence electrons. The maximum absolute atomic E-state index is 12.9. The summed E-state index contributed by atoms with van der Waals surface area (Å²) in [5, 5.41) is 12.6.